The van der Waals surface area contributed by atoms with Crippen molar-refractivity contribution in [2.75, 3.05) is 25.5 Å². The maximum atomic E-state index is 13.0. The Labute approximate surface area is 203 Å². The van der Waals surface area contributed by atoms with Gasteiger partial charge in [0, 0.05) is 31.4 Å². The lowest BCUT2D eigenvalue weighted by atomic mass is 9.99. The molecule has 3 aromatic rings. The Morgan fingerprint density at radius 2 is 1.91 bits per heavy atom. The van der Waals surface area contributed by atoms with Crippen LogP contribution in [0.3, 0.4) is 0 Å². The van der Waals surface area contributed by atoms with Crippen molar-refractivity contribution in [1.29, 1.82) is 0 Å². The van der Waals surface area contributed by atoms with Crippen LogP contribution in [-0.4, -0.2) is 62.4 Å². The number of aryl methyl sites for hydroxylation is 1. The molecule has 35 heavy (non-hydrogen) atoms. The van der Waals surface area contributed by atoms with Crippen molar-refractivity contribution in [1.82, 2.24) is 30.4 Å². The quantitative estimate of drug-likeness (QED) is 0.357. The molecule has 11 heteroatoms. The molecule has 0 aliphatic rings. The molecule has 3 rings (SSSR count). The Balaban J connectivity index is 1.54. The highest BCUT2D eigenvalue weighted by molar-refractivity contribution is 5.97. The largest absolute Gasteiger partial charge is 0.478 e. The number of halogens is 1. The van der Waals surface area contributed by atoms with Gasteiger partial charge in [0.2, 0.25) is 0 Å². The molecule has 0 aliphatic carbocycles. The zero-order valence-corrected chi connectivity index (χ0v) is 20.1. The number of nitrogens with one attached hydrogen (secondary N) is 2. The third-order valence-corrected chi connectivity index (χ3v) is 5.58. The van der Waals surface area contributed by atoms with E-state index in [1.807, 2.05) is 14.0 Å². The van der Waals surface area contributed by atoms with E-state index < -0.39 is 12.0 Å². The molecule has 0 saturated carbocycles. The summed E-state index contributed by atoms with van der Waals surface area (Å²) in [5, 5.41) is 26.6. The van der Waals surface area contributed by atoms with Crippen LogP contribution in [0.4, 0.5) is 14.9 Å². The number of hydrogen-bond acceptors (Lipinski definition) is 6. The number of unbranched alkanes of at least 4 members (excludes halogenated alkanes) is 1. The van der Waals surface area contributed by atoms with E-state index in [2.05, 4.69) is 31.1 Å². The second-order valence-corrected chi connectivity index (χ2v) is 8.29. The summed E-state index contributed by atoms with van der Waals surface area (Å²) < 4.78 is 14.5. The van der Waals surface area contributed by atoms with Crippen molar-refractivity contribution in [3.63, 3.8) is 0 Å². The fraction of sp³-hybridized carbons (Fsp3) is 0.375. The van der Waals surface area contributed by atoms with Gasteiger partial charge in [-0.1, -0.05) is 19.1 Å². The summed E-state index contributed by atoms with van der Waals surface area (Å²) in [6.45, 7) is 3.85. The number of hydrogen-bond donors (Lipinski definition) is 3. The molecule has 0 bridgehead atoms. The SMILES string of the molecule is CCc1c(NC(=O)NCCCCN(C)Cc2ccc(F)cc2)cc(-c2nnnn2C)cc1C(=O)O. The molecule has 0 saturated heterocycles. The lowest BCUT2D eigenvalue weighted by Gasteiger charge is -2.17. The van der Waals surface area contributed by atoms with Crippen molar-refractivity contribution in [3.8, 4) is 11.4 Å². The molecule has 0 atom stereocenters. The van der Waals surface area contributed by atoms with Crippen LogP contribution < -0.4 is 10.6 Å². The van der Waals surface area contributed by atoms with Gasteiger partial charge in [-0.3, -0.25) is 0 Å². The summed E-state index contributed by atoms with van der Waals surface area (Å²) in [6.07, 6.45) is 2.07. The summed E-state index contributed by atoms with van der Waals surface area (Å²) in [7, 11) is 3.65. The van der Waals surface area contributed by atoms with Crippen LogP contribution in [0.1, 0.15) is 41.3 Å². The van der Waals surface area contributed by atoms with E-state index in [1.54, 1.807) is 25.2 Å². The molecular formula is C24H30FN7O3. The lowest BCUT2D eigenvalue weighted by molar-refractivity contribution is 0.0695. The van der Waals surface area contributed by atoms with E-state index in [0.717, 1.165) is 31.5 Å². The third-order valence-electron chi connectivity index (χ3n) is 5.58. The number of rotatable bonds is 11. The number of anilines is 1. The maximum Gasteiger partial charge on any atom is 0.336 e. The Morgan fingerprint density at radius 1 is 1.17 bits per heavy atom. The van der Waals surface area contributed by atoms with Crippen LogP contribution in [0.2, 0.25) is 0 Å². The van der Waals surface area contributed by atoms with Crippen molar-refractivity contribution in [2.24, 2.45) is 7.05 Å². The minimum atomic E-state index is -1.09. The minimum absolute atomic E-state index is 0.0903. The van der Waals surface area contributed by atoms with Crippen LogP contribution in [0.15, 0.2) is 36.4 Å². The number of carboxylic acids is 1. The monoisotopic (exact) mass is 483 g/mol. The first-order valence-corrected chi connectivity index (χ1v) is 11.4. The van der Waals surface area contributed by atoms with Crippen molar-refractivity contribution < 1.29 is 19.1 Å². The molecule has 2 amide bonds. The average Bonchev–Trinajstić information content (AvgIpc) is 3.25. The van der Waals surface area contributed by atoms with Crippen molar-refractivity contribution in [2.45, 2.75) is 32.7 Å². The highest BCUT2D eigenvalue weighted by Crippen LogP contribution is 2.28. The van der Waals surface area contributed by atoms with E-state index in [4.69, 9.17) is 0 Å². The Bertz CT molecular complexity index is 1160. The van der Waals surface area contributed by atoms with Crippen LogP contribution >= 0.6 is 0 Å². The van der Waals surface area contributed by atoms with E-state index >= 15 is 0 Å². The molecule has 3 N–H and O–H groups in total. The number of tetrazole rings is 1. The van der Waals surface area contributed by atoms with Gasteiger partial charge in [0.15, 0.2) is 5.82 Å². The van der Waals surface area contributed by atoms with Gasteiger partial charge in [0.1, 0.15) is 5.82 Å². The lowest BCUT2D eigenvalue weighted by Crippen LogP contribution is -2.30. The van der Waals surface area contributed by atoms with Gasteiger partial charge in [-0.2, -0.15) is 0 Å². The first-order valence-electron chi connectivity index (χ1n) is 11.4. The first-order chi connectivity index (χ1) is 16.8. The number of amides is 2. The van der Waals surface area contributed by atoms with Gasteiger partial charge in [-0.05, 0) is 78.7 Å². The number of carbonyl (C=O) groups excluding carboxylic acids is 1. The van der Waals surface area contributed by atoms with Crippen LogP contribution in [0.5, 0.6) is 0 Å². The van der Waals surface area contributed by atoms with E-state index in [9.17, 15) is 19.1 Å². The van der Waals surface area contributed by atoms with Gasteiger partial charge in [-0.15, -0.1) is 5.10 Å². The topological polar surface area (TPSA) is 125 Å². The summed E-state index contributed by atoms with van der Waals surface area (Å²) in [5.74, 6) is -0.946. The number of nitrogens with zero attached hydrogens (tertiary/aromatic N) is 5. The van der Waals surface area contributed by atoms with Crippen molar-refractivity contribution in [3.05, 3.63) is 58.9 Å². The normalized spacial score (nSPS) is 11.0. The van der Waals surface area contributed by atoms with Crippen LogP contribution in [-0.2, 0) is 20.0 Å². The second kappa shape index (κ2) is 12.0. The highest BCUT2D eigenvalue weighted by atomic mass is 19.1. The van der Waals surface area contributed by atoms with Gasteiger partial charge < -0.3 is 20.6 Å². The summed E-state index contributed by atoms with van der Waals surface area (Å²) in [4.78, 5) is 26.5. The van der Waals surface area contributed by atoms with Gasteiger partial charge in [-0.25, -0.2) is 18.7 Å². The average molecular weight is 484 g/mol. The molecule has 0 fully saturated rings. The number of aromatic carboxylic acids is 1. The predicted octanol–water partition coefficient (Wildman–Crippen LogP) is 3.31. The van der Waals surface area contributed by atoms with E-state index in [0.29, 0.717) is 35.6 Å². The molecule has 1 heterocycles. The standard InChI is InChI=1S/C24H30FN7O3/c1-4-19-20(23(33)34)13-17(22-28-29-30-32(22)3)14-21(19)27-24(35)26-11-5-6-12-31(2)15-16-7-9-18(25)10-8-16/h7-10,13-14H,4-6,11-12,15H2,1-3H3,(H,33,34)(H2,26,27,35). The molecule has 0 aliphatic heterocycles. The zero-order valence-electron chi connectivity index (χ0n) is 20.1. The number of carbonyl (C=O) groups is 2. The summed E-state index contributed by atoms with van der Waals surface area (Å²) >= 11 is 0. The molecule has 0 radical (unpaired) electrons. The second-order valence-electron chi connectivity index (χ2n) is 8.29. The summed E-state index contributed by atoms with van der Waals surface area (Å²) in [5.41, 5.74) is 2.55. The zero-order chi connectivity index (χ0) is 25.4. The predicted molar refractivity (Wildman–Crippen MR) is 130 cm³/mol. The van der Waals surface area contributed by atoms with Crippen LogP contribution in [0.25, 0.3) is 11.4 Å². The van der Waals surface area contributed by atoms with Gasteiger partial charge in [0.25, 0.3) is 0 Å². The number of aromatic nitrogens is 4. The summed E-state index contributed by atoms with van der Waals surface area (Å²) in [6, 6.07) is 9.23. The Morgan fingerprint density at radius 3 is 2.54 bits per heavy atom. The fourth-order valence-corrected chi connectivity index (χ4v) is 3.81. The van der Waals surface area contributed by atoms with Crippen LogP contribution in [0, 0.1) is 5.82 Å². The molecule has 186 valence electrons. The van der Waals surface area contributed by atoms with Gasteiger partial charge in [0.05, 0.1) is 5.56 Å². The Hall–Kier alpha value is -3.86. The highest BCUT2D eigenvalue weighted by Gasteiger charge is 2.19. The molecule has 0 spiro atoms. The number of benzene rings is 2. The number of carboxylic acid groups (broad SMARTS) is 1. The fourth-order valence-electron chi connectivity index (χ4n) is 3.81. The minimum Gasteiger partial charge on any atom is -0.478 e. The molecular weight excluding hydrogens is 453 g/mol. The first kappa shape index (κ1) is 25.8. The van der Waals surface area contributed by atoms with E-state index in [-0.39, 0.29) is 11.4 Å². The third kappa shape index (κ3) is 7.06. The smallest absolute Gasteiger partial charge is 0.336 e. The van der Waals surface area contributed by atoms with E-state index in [1.165, 1.54) is 22.9 Å². The molecule has 2 aromatic carbocycles. The van der Waals surface area contributed by atoms with Crippen molar-refractivity contribution >= 4 is 17.7 Å². The molecule has 0 unspecified atom stereocenters. The molecule has 10 nitrogen and oxygen atoms in total. The maximum absolute atomic E-state index is 13.0. The Kier molecular flexibility index (Phi) is 8.85. The number of urea groups is 1. The molecule has 1 aromatic heterocycles. The van der Waals surface area contributed by atoms with Gasteiger partial charge >= 0.3 is 12.0 Å².